The van der Waals surface area contributed by atoms with Crippen LogP contribution in [-0.4, -0.2) is 39.9 Å². The number of nitrogens with zero attached hydrogens (tertiary/aromatic N) is 2. The standard InChI is InChI=1S/C29H34N2O2.C4H10O.C2H6/c1-20-25(19-26(32)33)28(31-16-14-29(3,4)15-17-31)27(21(2)30-20)24-12-10-23(11-13-24)18-22-8-6-5-7-9-22;1-4(2,3)5;1-2/h5-13H,14-19H2,1-4H3,(H,32,33);5H,1-3H3;1-2H3. The van der Waals surface area contributed by atoms with Crippen molar-refractivity contribution in [1.82, 2.24) is 4.98 Å². The summed E-state index contributed by atoms with van der Waals surface area (Å²) in [5.74, 6) is -0.813. The molecule has 0 saturated carbocycles. The van der Waals surface area contributed by atoms with E-state index in [0.717, 1.165) is 66.1 Å². The van der Waals surface area contributed by atoms with Crippen LogP contribution < -0.4 is 4.90 Å². The number of hydrogen-bond acceptors (Lipinski definition) is 4. The molecule has 1 fully saturated rings. The van der Waals surface area contributed by atoms with Crippen LogP contribution in [0.5, 0.6) is 0 Å². The van der Waals surface area contributed by atoms with Gasteiger partial charge in [-0.3, -0.25) is 9.78 Å². The lowest BCUT2D eigenvalue weighted by Gasteiger charge is -2.40. The number of aliphatic hydroxyl groups is 1. The number of piperidine rings is 1. The maximum absolute atomic E-state index is 11.8. The molecule has 0 unspecified atom stereocenters. The Labute approximate surface area is 242 Å². The summed E-state index contributed by atoms with van der Waals surface area (Å²) in [6.45, 7) is 19.7. The lowest BCUT2D eigenvalue weighted by Crippen LogP contribution is -2.38. The van der Waals surface area contributed by atoms with Gasteiger partial charge in [-0.2, -0.15) is 0 Å². The van der Waals surface area contributed by atoms with Crippen LogP contribution in [0.1, 0.15) is 89.4 Å². The Morgan fingerprint density at radius 2 is 1.40 bits per heavy atom. The first-order valence-electron chi connectivity index (χ1n) is 14.6. The van der Waals surface area contributed by atoms with E-state index in [1.165, 1.54) is 11.1 Å². The van der Waals surface area contributed by atoms with Gasteiger partial charge in [0.05, 0.1) is 17.7 Å². The second-order valence-corrected chi connectivity index (χ2v) is 12.2. The van der Waals surface area contributed by atoms with Gasteiger partial charge < -0.3 is 15.1 Å². The van der Waals surface area contributed by atoms with Crippen LogP contribution in [0, 0.1) is 19.3 Å². The number of pyridine rings is 1. The summed E-state index contributed by atoms with van der Waals surface area (Å²) in [6.07, 6.45) is 3.07. The smallest absolute Gasteiger partial charge is 0.307 e. The predicted molar refractivity (Wildman–Crippen MR) is 168 cm³/mol. The third-order valence-corrected chi connectivity index (χ3v) is 6.91. The van der Waals surface area contributed by atoms with Crippen LogP contribution in [0.3, 0.4) is 0 Å². The molecule has 2 aromatic carbocycles. The fraction of sp³-hybridized carbons (Fsp3) is 0.486. The van der Waals surface area contributed by atoms with Crippen molar-refractivity contribution in [2.24, 2.45) is 5.41 Å². The van der Waals surface area contributed by atoms with E-state index in [0.29, 0.717) is 5.41 Å². The van der Waals surface area contributed by atoms with Gasteiger partial charge >= 0.3 is 5.97 Å². The van der Waals surface area contributed by atoms with Crippen LogP contribution in [-0.2, 0) is 17.6 Å². The van der Waals surface area contributed by atoms with Crippen molar-refractivity contribution < 1.29 is 15.0 Å². The number of hydrogen-bond donors (Lipinski definition) is 2. The fourth-order valence-electron chi connectivity index (χ4n) is 4.88. The zero-order valence-corrected chi connectivity index (χ0v) is 26.1. The molecule has 0 spiro atoms. The van der Waals surface area contributed by atoms with Gasteiger partial charge in [-0.05, 0) is 76.0 Å². The highest BCUT2D eigenvalue weighted by Gasteiger charge is 2.30. The Morgan fingerprint density at radius 3 is 1.90 bits per heavy atom. The SMILES string of the molecule is CC.CC(C)(C)O.Cc1nc(C)c(-c2ccc(Cc3ccccc3)cc2)c(N2CCC(C)(C)CC2)c1CC(=O)O. The number of benzene rings is 2. The number of aryl methyl sites for hydroxylation is 2. The molecule has 0 amide bonds. The third kappa shape index (κ3) is 10.1. The molecule has 40 heavy (non-hydrogen) atoms. The summed E-state index contributed by atoms with van der Waals surface area (Å²) in [6, 6.07) is 19.2. The number of carboxylic acids is 1. The number of carboxylic acid groups (broad SMARTS) is 1. The van der Waals surface area contributed by atoms with Crippen LogP contribution >= 0.6 is 0 Å². The number of carbonyl (C=O) groups is 1. The van der Waals surface area contributed by atoms with Crippen molar-refractivity contribution in [2.45, 2.75) is 93.6 Å². The zero-order valence-electron chi connectivity index (χ0n) is 26.1. The molecule has 5 nitrogen and oxygen atoms in total. The van der Waals surface area contributed by atoms with Crippen LogP contribution in [0.4, 0.5) is 5.69 Å². The molecule has 0 bridgehead atoms. The number of rotatable bonds is 6. The molecule has 0 aliphatic carbocycles. The second kappa shape index (κ2) is 14.5. The first kappa shape index (κ1) is 33.0. The van der Waals surface area contributed by atoms with Gasteiger partial charge in [0.2, 0.25) is 0 Å². The van der Waals surface area contributed by atoms with E-state index in [-0.39, 0.29) is 6.42 Å². The molecule has 0 atom stereocenters. The van der Waals surface area contributed by atoms with Crippen LogP contribution in [0.2, 0.25) is 0 Å². The van der Waals surface area contributed by atoms with E-state index >= 15 is 0 Å². The molecule has 1 saturated heterocycles. The monoisotopic (exact) mass is 546 g/mol. The first-order valence-corrected chi connectivity index (χ1v) is 14.6. The van der Waals surface area contributed by atoms with E-state index < -0.39 is 11.6 Å². The van der Waals surface area contributed by atoms with Crippen LogP contribution in [0.15, 0.2) is 54.6 Å². The molecule has 2 heterocycles. The summed E-state index contributed by atoms with van der Waals surface area (Å²) in [5.41, 5.74) is 8.22. The maximum atomic E-state index is 11.8. The van der Waals surface area contributed by atoms with Gasteiger partial charge in [-0.15, -0.1) is 0 Å². The van der Waals surface area contributed by atoms with E-state index in [1.54, 1.807) is 20.8 Å². The van der Waals surface area contributed by atoms with Crippen LogP contribution in [0.25, 0.3) is 11.1 Å². The van der Waals surface area contributed by atoms with E-state index in [9.17, 15) is 9.90 Å². The highest BCUT2D eigenvalue weighted by atomic mass is 16.4. The Kier molecular flexibility index (Phi) is 11.9. The third-order valence-electron chi connectivity index (χ3n) is 6.91. The van der Waals surface area contributed by atoms with Crippen molar-refractivity contribution in [2.75, 3.05) is 18.0 Å². The number of aromatic nitrogens is 1. The summed E-state index contributed by atoms with van der Waals surface area (Å²) in [5, 5.41) is 18.2. The summed E-state index contributed by atoms with van der Waals surface area (Å²) >= 11 is 0. The molecule has 1 aromatic heterocycles. The highest BCUT2D eigenvalue weighted by Crippen LogP contribution is 2.41. The van der Waals surface area contributed by atoms with Gasteiger partial charge in [0, 0.05) is 35.6 Å². The first-order chi connectivity index (χ1) is 18.7. The van der Waals surface area contributed by atoms with Crippen molar-refractivity contribution >= 4 is 11.7 Å². The molecule has 0 radical (unpaired) electrons. The van der Waals surface area contributed by atoms with Crippen molar-refractivity contribution in [1.29, 1.82) is 0 Å². The van der Waals surface area contributed by atoms with Gasteiger partial charge in [-0.1, -0.05) is 82.3 Å². The topological polar surface area (TPSA) is 73.7 Å². The molecular weight excluding hydrogens is 496 g/mol. The molecule has 3 aromatic rings. The summed E-state index contributed by atoms with van der Waals surface area (Å²) < 4.78 is 0. The fourth-order valence-corrected chi connectivity index (χ4v) is 4.88. The Hall–Kier alpha value is -3.18. The maximum Gasteiger partial charge on any atom is 0.307 e. The van der Waals surface area contributed by atoms with Crippen molar-refractivity contribution in [3.05, 3.63) is 82.7 Å². The molecule has 218 valence electrons. The quantitative estimate of drug-likeness (QED) is 0.328. The predicted octanol–water partition coefficient (Wildman–Crippen LogP) is 8.01. The minimum Gasteiger partial charge on any atom is -0.481 e. The lowest BCUT2D eigenvalue weighted by atomic mass is 9.82. The van der Waals surface area contributed by atoms with Gasteiger partial charge in [-0.25, -0.2) is 0 Å². The Bertz CT molecular complexity index is 1210. The second-order valence-electron chi connectivity index (χ2n) is 12.2. The highest BCUT2D eigenvalue weighted by molar-refractivity contribution is 5.86. The van der Waals surface area contributed by atoms with E-state index in [4.69, 9.17) is 10.1 Å². The average molecular weight is 547 g/mol. The molecular formula is C35H50N2O3. The van der Waals surface area contributed by atoms with E-state index in [1.807, 2.05) is 33.8 Å². The Balaban J connectivity index is 0.000000722. The number of aliphatic carboxylic acids is 1. The Morgan fingerprint density at radius 1 is 0.900 bits per heavy atom. The van der Waals surface area contributed by atoms with Gasteiger partial charge in [0.1, 0.15) is 0 Å². The number of anilines is 1. The molecule has 4 rings (SSSR count). The van der Waals surface area contributed by atoms with Crippen molar-refractivity contribution in [3.63, 3.8) is 0 Å². The summed E-state index contributed by atoms with van der Waals surface area (Å²) in [4.78, 5) is 19.0. The average Bonchev–Trinajstić information content (AvgIpc) is 2.87. The van der Waals surface area contributed by atoms with Crippen molar-refractivity contribution in [3.8, 4) is 11.1 Å². The molecule has 1 aliphatic rings. The minimum absolute atomic E-state index is 0.00652. The summed E-state index contributed by atoms with van der Waals surface area (Å²) in [7, 11) is 0. The van der Waals surface area contributed by atoms with Gasteiger partial charge in [0.25, 0.3) is 0 Å². The van der Waals surface area contributed by atoms with E-state index in [2.05, 4.69) is 67.3 Å². The lowest BCUT2D eigenvalue weighted by molar-refractivity contribution is -0.136. The molecule has 5 heteroatoms. The zero-order chi connectivity index (χ0) is 30.1. The van der Waals surface area contributed by atoms with Gasteiger partial charge in [0.15, 0.2) is 0 Å². The molecule has 2 N–H and O–H groups in total. The largest absolute Gasteiger partial charge is 0.481 e. The normalized spacial score (nSPS) is 14.4. The molecule has 1 aliphatic heterocycles. The minimum atomic E-state index is -0.813.